The molecule has 0 saturated carbocycles. The summed E-state index contributed by atoms with van der Waals surface area (Å²) in [6.45, 7) is 6.71. The van der Waals surface area contributed by atoms with Gasteiger partial charge in [-0.05, 0) is 0 Å². The summed E-state index contributed by atoms with van der Waals surface area (Å²) < 4.78 is 10.1. The molecular formula is C27H38N2O2Sn. The van der Waals surface area contributed by atoms with Gasteiger partial charge in [0.05, 0.1) is 0 Å². The molecule has 2 aromatic heterocycles. The van der Waals surface area contributed by atoms with Crippen LogP contribution in [0.5, 0.6) is 0 Å². The Morgan fingerprint density at radius 2 is 1.59 bits per heavy atom. The molecule has 0 amide bonds. The van der Waals surface area contributed by atoms with Crippen LogP contribution < -0.4 is 0 Å². The maximum atomic E-state index is 13.7. The van der Waals surface area contributed by atoms with Crippen LogP contribution in [-0.2, 0) is 9.49 Å². The predicted octanol–water partition coefficient (Wildman–Crippen LogP) is 7.66. The van der Waals surface area contributed by atoms with Crippen LogP contribution in [0.2, 0.25) is 13.3 Å². The van der Waals surface area contributed by atoms with Crippen LogP contribution in [0.25, 0.3) is 10.9 Å². The summed E-state index contributed by atoms with van der Waals surface area (Å²) in [4.78, 5) is 21.4. The fraction of sp³-hybridized carbons (Fsp3) is 0.481. The van der Waals surface area contributed by atoms with E-state index in [1.165, 1.54) is 19.3 Å². The van der Waals surface area contributed by atoms with Crippen molar-refractivity contribution in [2.24, 2.45) is 0 Å². The summed E-state index contributed by atoms with van der Waals surface area (Å²) in [6, 6.07) is 12.2. The monoisotopic (exact) mass is 542 g/mol. The molecular weight excluding hydrogens is 503 g/mol. The van der Waals surface area contributed by atoms with Crippen molar-refractivity contribution in [1.29, 1.82) is 0 Å². The Balaban J connectivity index is 1.96. The summed E-state index contributed by atoms with van der Waals surface area (Å²) in [5.74, 6) is -0.126. The van der Waals surface area contributed by atoms with E-state index < -0.39 is 18.8 Å². The van der Waals surface area contributed by atoms with Crippen molar-refractivity contribution in [3.8, 4) is 0 Å². The molecule has 0 atom stereocenters. The number of fused-ring (bicyclic) bond motifs is 1. The Kier molecular flexibility index (Phi) is 9.64. The van der Waals surface area contributed by atoms with Gasteiger partial charge in [0.25, 0.3) is 0 Å². The van der Waals surface area contributed by atoms with Gasteiger partial charge in [-0.1, -0.05) is 0 Å². The molecule has 0 radical (unpaired) electrons. The maximum absolute atomic E-state index is 13.7. The summed E-state index contributed by atoms with van der Waals surface area (Å²) in [6.07, 6.45) is 11.3. The molecule has 0 aliphatic heterocycles. The molecule has 3 aromatic rings. The number of aromatic nitrogens is 2. The number of rotatable bonds is 13. The van der Waals surface area contributed by atoms with E-state index in [0.29, 0.717) is 12.1 Å². The first-order chi connectivity index (χ1) is 15.6. The number of nitrogens with one attached hydrogen (secondary N) is 1. The second kappa shape index (κ2) is 12.4. The SMILES string of the molecule is CCC[CH2][Sn]([CH2]CCC)([CH2]CCC)[O]C(=O)c1[nH]c2ccccc2c1Cc1cccnc1. The van der Waals surface area contributed by atoms with Gasteiger partial charge >= 0.3 is 198 Å². The van der Waals surface area contributed by atoms with Crippen molar-refractivity contribution < 1.29 is 7.87 Å². The third kappa shape index (κ3) is 6.37. The van der Waals surface area contributed by atoms with Crippen LogP contribution in [0.3, 0.4) is 0 Å². The molecule has 5 heteroatoms. The summed E-state index contributed by atoms with van der Waals surface area (Å²) in [7, 11) is 0. The molecule has 0 aliphatic rings. The zero-order valence-corrected chi connectivity index (χ0v) is 22.8. The van der Waals surface area contributed by atoms with Gasteiger partial charge < -0.3 is 0 Å². The number of carbonyl (C=O) groups is 1. The first kappa shape index (κ1) is 24.8. The van der Waals surface area contributed by atoms with E-state index in [0.717, 1.165) is 54.6 Å². The number of pyridine rings is 1. The zero-order valence-electron chi connectivity index (χ0n) is 20.0. The summed E-state index contributed by atoms with van der Waals surface area (Å²) in [5.41, 5.74) is 3.76. The molecule has 2 heterocycles. The van der Waals surface area contributed by atoms with Crippen LogP contribution in [0.15, 0.2) is 48.8 Å². The molecule has 1 aromatic carbocycles. The standard InChI is InChI=1S/C15H12N2O2.3C4H9.Sn/c18-15(19)14-12(8-10-4-3-7-16-9-10)11-5-1-2-6-13(11)17-14;3*1-3-4-2;/h1-7,9,17H,8H2,(H,18,19);3*1,3-4H2,2H3;/q;;;;+1/p-1. The number of unbranched alkanes of at least 4 members (excludes halogenated alkanes) is 3. The van der Waals surface area contributed by atoms with Crippen LogP contribution in [0, 0.1) is 0 Å². The van der Waals surface area contributed by atoms with Crippen LogP contribution in [0.4, 0.5) is 0 Å². The second-order valence-corrected chi connectivity index (χ2v) is 20.6. The first-order valence-corrected chi connectivity index (χ1v) is 19.6. The van der Waals surface area contributed by atoms with Gasteiger partial charge in [0.1, 0.15) is 0 Å². The van der Waals surface area contributed by atoms with Gasteiger partial charge in [-0.2, -0.15) is 0 Å². The van der Waals surface area contributed by atoms with Crippen molar-refractivity contribution in [2.45, 2.75) is 79.0 Å². The third-order valence-corrected chi connectivity index (χ3v) is 19.0. The fourth-order valence-electron chi connectivity index (χ4n) is 4.54. The summed E-state index contributed by atoms with van der Waals surface area (Å²) in [5, 5.41) is 1.10. The van der Waals surface area contributed by atoms with E-state index >= 15 is 0 Å². The number of hydrogen-bond donors (Lipinski definition) is 1. The normalized spacial score (nSPS) is 11.7. The fourth-order valence-corrected chi connectivity index (χ4v) is 17.5. The van der Waals surface area contributed by atoms with E-state index in [4.69, 9.17) is 3.07 Å². The summed E-state index contributed by atoms with van der Waals surface area (Å²) >= 11 is -3.06. The zero-order chi connectivity index (χ0) is 22.8. The number of nitrogens with zero attached hydrogens (tertiary/aromatic N) is 1. The van der Waals surface area contributed by atoms with E-state index in [-0.39, 0.29) is 5.97 Å². The molecule has 0 saturated heterocycles. The molecule has 32 heavy (non-hydrogen) atoms. The minimum absolute atomic E-state index is 0.126. The van der Waals surface area contributed by atoms with Crippen LogP contribution in [-0.4, -0.2) is 34.7 Å². The Morgan fingerprint density at radius 3 is 2.19 bits per heavy atom. The molecule has 0 fully saturated rings. The number of H-pyrrole nitrogens is 1. The van der Waals surface area contributed by atoms with Gasteiger partial charge in [-0.15, -0.1) is 0 Å². The van der Waals surface area contributed by atoms with E-state index in [1.807, 2.05) is 30.5 Å². The van der Waals surface area contributed by atoms with Crippen LogP contribution in [0.1, 0.15) is 80.9 Å². The second-order valence-electron chi connectivity index (χ2n) is 8.95. The van der Waals surface area contributed by atoms with Crippen molar-refractivity contribution >= 4 is 35.7 Å². The van der Waals surface area contributed by atoms with E-state index in [2.05, 4.69) is 42.9 Å². The number of carbonyl (C=O) groups excluding carboxylic acids is 1. The average molecular weight is 541 g/mol. The number of benzene rings is 1. The van der Waals surface area contributed by atoms with Crippen molar-refractivity contribution in [3.05, 3.63) is 65.6 Å². The number of aromatic amines is 1. The molecule has 4 nitrogen and oxygen atoms in total. The molecule has 3 rings (SSSR count). The molecule has 1 N–H and O–H groups in total. The molecule has 0 unspecified atom stereocenters. The van der Waals surface area contributed by atoms with Crippen LogP contribution >= 0.6 is 0 Å². The van der Waals surface area contributed by atoms with Crippen molar-refractivity contribution in [1.82, 2.24) is 9.97 Å². The Labute approximate surface area is 197 Å². The van der Waals surface area contributed by atoms with Gasteiger partial charge in [0, 0.05) is 0 Å². The number of hydrogen-bond acceptors (Lipinski definition) is 3. The van der Waals surface area contributed by atoms with Gasteiger partial charge in [-0.3, -0.25) is 0 Å². The number of para-hydroxylation sites is 1. The Hall–Kier alpha value is -1.82. The molecule has 0 spiro atoms. The quantitative estimate of drug-likeness (QED) is 0.226. The third-order valence-electron chi connectivity index (χ3n) is 6.39. The van der Waals surface area contributed by atoms with Gasteiger partial charge in [-0.25, -0.2) is 0 Å². The topological polar surface area (TPSA) is 55.0 Å². The average Bonchev–Trinajstić information content (AvgIpc) is 3.19. The van der Waals surface area contributed by atoms with E-state index in [1.54, 1.807) is 6.20 Å². The van der Waals surface area contributed by atoms with E-state index in [9.17, 15) is 4.79 Å². The Bertz CT molecular complexity index is 962. The van der Waals surface area contributed by atoms with Gasteiger partial charge in [0.15, 0.2) is 0 Å². The first-order valence-electron chi connectivity index (χ1n) is 12.3. The predicted molar refractivity (Wildman–Crippen MR) is 136 cm³/mol. The molecule has 0 aliphatic carbocycles. The molecule has 0 bridgehead atoms. The molecule has 172 valence electrons. The van der Waals surface area contributed by atoms with Crippen molar-refractivity contribution in [3.63, 3.8) is 0 Å². The van der Waals surface area contributed by atoms with Crippen molar-refractivity contribution in [2.75, 3.05) is 0 Å². The Morgan fingerprint density at radius 1 is 0.938 bits per heavy atom. The minimum atomic E-state index is -3.06. The van der Waals surface area contributed by atoms with Gasteiger partial charge in [0.2, 0.25) is 0 Å².